The molecule has 0 aliphatic rings. The number of amides is 3. The first-order valence-corrected chi connectivity index (χ1v) is 24.8. The summed E-state index contributed by atoms with van der Waals surface area (Å²) in [6.45, 7) is 17.1. The second kappa shape index (κ2) is 29.1. The Kier molecular flexibility index (Phi) is 25.2. The van der Waals surface area contributed by atoms with Crippen LogP contribution in [0.2, 0.25) is 0 Å². The van der Waals surface area contributed by atoms with E-state index in [1.807, 2.05) is 96.5 Å². The Balaban J connectivity index is 0.0000178. The number of aliphatic carboxylic acids is 1. The molecule has 0 unspecified atom stereocenters. The third-order valence-electron chi connectivity index (χ3n) is 12.9. The number of nitriles is 1. The van der Waals surface area contributed by atoms with E-state index in [0.29, 0.717) is 30.4 Å². The number of carboxylic acids is 1. The number of ether oxygens (including phenoxy) is 1. The molecule has 2 aromatic heterocycles. The minimum absolute atomic E-state index is 0. The third-order valence-corrected chi connectivity index (χ3v) is 12.9. The van der Waals surface area contributed by atoms with Crippen molar-refractivity contribution in [3.63, 3.8) is 0 Å². The molecule has 16 nitrogen and oxygen atoms in total. The molecule has 0 radical (unpaired) electrons. The normalized spacial score (nSPS) is 14.4. The number of likely N-dealkylation sites (N-methyl/N-ethyl adjacent to an activating group) is 3. The van der Waals surface area contributed by atoms with Gasteiger partial charge in [-0.1, -0.05) is 73.6 Å². The molecule has 18 heteroatoms. The standard InChI is InChI=1S/C54H78FN7O9.ClH/c1-32(2)20-38(50(65)59(10)36(9)54(70)71-49(53(68)69)18-15-19-56)26-48(64)46(25-40-31-62(44-17-14-13-16-42(40)44)30-37-24-41(55)29-58-28-37)60(11)51(66)39(21-33(3)4)27-47(63)45(23-35(7)8)61(12)52(67)43(57)22-34(5)6;/h13-14,16-17,24,28-29,31-36,38-39,43,45-46,49H,15,18,20-23,25-27,30,57H2,1-12H3,(H,68,69);1H/t36-,38+,39+,43-,45-,46-,49+;/m0./s1. The smallest absolute Gasteiger partial charge is 0.345 e. The second-order valence-electron chi connectivity index (χ2n) is 20.9. The molecular weight excluding hydrogens is 945 g/mol. The van der Waals surface area contributed by atoms with E-state index in [1.165, 1.54) is 36.9 Å². The molecule has 3 aromatic rings. The van der Waals surface area contributed by atoms with Crippen LogP contribution in [0.25, 0.3) is 10.9 Å². The number of rotatable bonds is 29. The SMILES string of the molecule is CC(C)C[C@H](CC(=O)[C@H](Cc1cn(Cc2cncc(F)c2)c2ccccc12)N(C)C(=O)[C@@H](CC(=O)[C@H](CC(C)C)N(C)C(=O)[C@@H](N)CC(C)C)CC(C)C)C(=O)N(C)[C@@H](C)C(=O)O[C@H](CCC#N)C(=O)O.Cl. The van der Waals surface area contributed by atoms with Crippen LogP contribution in [0.15, 0.2) is 48.9 Å². The molecule has 0 fully saturated rings. The number of carboxylic acid groups (broad SMARTS) is 1. The lowest BCUT2D eigenvalue weighted by molar-refractivity contribution is -0.169. The molecule has 1 aromatic carbocycles. The van der Waals surface area contributed by atoms with Gasteiger partial charge in [0.25, 0.3) is 0 Å². The van der Waals surface area contributed by atoms with Gasteiger partial charge in [-0.3, -0.25) is 29.0 Å². The average molecular weight is 1020 g/mol. The van der Waals surface area contributed by atoms with Crippen LogP contribution in [0.5, 0.6) is 0 Å². The zero-order valence-electron chi connectivity index (χ0n) is 44.3. The van der Waals surface area contributed by atoms with E-state index in [-0.39, 0.29) is 92.8 Å². The summed E-state index contributed by atoms with van der Waals surface area (Å²) in [4.78, 5) is 106. The van der Waals surface area contributed by atoms with Crippen LogP contribution in [0.3, 0.4) is 0 Å². The van der Waals surface area contributed by atoms with Crippen LogP contribution < -0.4 is 5.73 Å². The molecule has 0 saturated carbocycles. The van der Waals surface area contributed by atoms with Crippen LogP contribution in [-0.2, 0) is 51.3 Å². The number of carbonyl (C=O) groups is 7. The van der Waals surface area contributed by atoms with Crippen molar-refractivity contribution in [1.29, 1.82) is 5.26 Å². The van der Waals surface area contributed by atoms with E-state index in [2.05, 4.69) is 4.98 Å². The van der Waals surface area contributed by atoms with Gasteiger partial charge >= 0.3 is 11.9 Å². The minimum atomic E-state index is -1.60. The summed E-state index contributed by atoms with van der Waals surface area (Å²) in [5.41, 5.74) is 8.40. The van der Waals surface area contributed by atoms with Crippen molar-refractivity contribution in [2.24, 2.45) is 41.2 Å². The Labute approximate surface area is 431 Å². The van der Waals surface area contributed by atoms with E-state index in [0.717, 1.165) is 22.0 Å². The Morgan fingerprint density at radius 2 is 1.29 bits per heavy atom. The van der Waals surface area contributed by atoms with Crippen molar-refractivity contribution < 1.29 is 47.8 Å². The number of carbonyl (C=O) groups excluding carboxylic acids is 6. The van der Waals surface area contributed by atoms with Crippen LogP contribution in [0.4, 0.5) is 4.39 Å². The molecule has 3 rings (SSSR count). The van der Waals surface area contributed by atoms with Crippen LogP contribution in [0, 0.1) is 52.7 Å². The van der Waals surface area contributed by atoms with Crippen molar-refractivity contribution >= 4 is 64.5 Å². The van der Waals surface area contributed by atoms with E-state index >= 15 is 9.59 Å². The van der Waals surface area contributed by atoms with Gasteiger partial charge in [-0.2, -0.15) is 5.26 Å². The first kappa shape index (κ1) is 62.4. The van der Waals surface area contributed by atoms with Crippen molar-refractivity contribution in [3.8, 4) is 6.07 Å². The lowest BCUT2D eigenvalue weighted by atomic mass is 9.85. The average Bonchev–Trinajstić information content (AvgIpc) is 3.64. The van der Waals surface area contributed by atoms with Crippen LogP contribution in [-0.4, -0.2) is 122 Å². The van der Waals surface area contributed by atoms with Crippen LogP contribution in [0.1, 0.15) is 125 Å². The van der Waals surface area contributed by atoms with E-state index in [4.69, 9.17) is 15.7 Å². The van der Waals surface area contributed by atoms with Gasteiger partial charge in [-0.05, 0) is 79.5 Å². The largest absolute Gasteiger partial charge is 0.479 e. The highest BCUT2D eigenvalue weighted by molar-refractivity contribution is 5.97. The van der Waals surface area contributed by atoms with Crippen molar-refractivity contribution in [2.45, 2.75) is 157 Å². The van der Waals surface area contributed by atoms with Gasteiger partial charge in [0, 0.05) is 94.9 Å². The topological polar surface area (TPSA) is 226 Å². The quantitative estimate of drug-likeness (QED) is 0.0640. The molecule has 0 aliphatic carbocycles. The van der Waals surface area contributed by atoms with Gasteiger partial charge < -0.3 is 34.8 Å². The number of esters is 1. The molecular formula is C54H79ClFN7O9. The monoisotopic (exact) mass is 1020 g/mol. The number of nitrogens with two attached hydrogens (primary N) is 1. The number of aromatic nitrogens is 2. The Bertz CT molecular complexity index is 2360. The highest BCUT2D eigenvalue weighted by atomic mass is 35.5. The first-order chi connectivity index (χ1) is 33.3. The number of Topliss-reactive ketones (excluding diaryl/α,β-unsaturated/α-hetero) is 2. The highest BCUT2D eigenvalue weighted by Crippen LogP contribution is 2.30. The fourth-order valence-electron chi connectivity index (χ4n) is 9.19. The number of ketones is 2. The number of nitrogens with zero attached hydrogens (tertiary/aromatic N) is 6. The second-order valence-corrected chi connectivity index (χ2v) is 20.9. The molecule has 0 spiro atoms. The summed E-state index contributed by atoms with van der Waals surface area (Å²) in [5.74, 6) is -6.91. The number of benzene rings is 1. The maximum Gasteiger partial charge on any atom is 0.345 e. The number of para-hydroxylation sites is 1. The highest BCUT2D eigenvalue weighted by Gasteiger charge is 2.39. The fourth-order valence-corrected chi connectivity index (χ4v) is 9.19. The number of halogens is 2. The minimum Gasteiger partial charge on any atom is -0.479 e. The van der Waals surface area contributed by atoms with Crippen LogP contribution >= 0.6 is 12.4 Å². The summed E-state index contributed by atoms with van der Waals surface area (Å²) in [5, 5.41) is 19.4. The molecule has 7 atom stereocenters. The van der Waals surface area contributed by atoms with Gasteiger partial charge in [0.05, 0.1) is 30.4 Å². The molecule has 72 heavy (non-hydrogen) atoms. The zero-order chi connectivity index (χ0) is 53.4. The van der Waals surface area contributed by atoms with Gasteiger partial charge in [0.2, 0.25) is 17.7 Å². The summed E-state index contributed by atoms with van der Waals surface area (Å²) in [6, 6.07) is 6.63. The van der Waals surface area contributed by atoms with Gasteiger partial charge in [-0.25, -0.2) is 14.0 Å². The number of hydrogen-bond acceptors (Lipinski definition) is 11. The predicted molar refractivity (Wildman–Crippen MR) is 276 cm³/mol. The van der Waals surface area contributed by atoms with E-state index < -0.39 is 77.5 Å². The van der Waals surface area contributed by atoms with Crippen molar-refractivity contribution in [3.05, 3.63) is 65.9 Å². The predicted octanol–water partition coefficient (Wildman–Crippen LogP) is 7.65. The Morgan fingerprint density at radius 3 is 1.82 bits per heavy atom. The fraction of sp³-hybridized carbons (Fsp3) is 0.611. The lowest BCUT2D eigenvalue weighted by Gasteiger charge is -2.34. The van der Waals surface area contributed by atoms with E-state index in [9.17, 15) is 33.5 Å². The molecule has 3 N–H and O–H groups in total. The molecule has 0 saturated heterocycles. The van der Waals surface area contributed by atoms with Gasteiger partial charge in [0.1, 0.15) is 11.9 Å². The first-order valence-electron chi connectivity index (χ1n) is 24.8. The Hall–Kier alpha value is -5.73. The number of fused-ring (bicyclic) bond motifs is 1. The summed E-state index contributed by atoms with van der Waals surface area (Å²) in [6.07, 6.45) is 3.28. The Morgan fingerprint density at radius 1 is 0.764 bits per heavy atom. The molecule has 0 aliphatic heterocycles. The number of pyridine rings is 1. The van der Waals surface area contributed by atoms with Gasteiger partial charge in [0.15, 0.2) is 17.7 Å². The van der Waals surface area contributed by atoms with Gasteiger partial charge in [-0.15, -0.1) is 12.4 Å². The molecule has 3 amide bonds. The van der Waals surface area contributed by atoms with Crippen molar-refractivity contribution in [2.75, 3.05) is 21.1 Å². The molecule has 0 bridgehead atoms. The third kappa shape index (κ3) is 18.1. The summed E-state index contributed by atoms with van der Waals surface area (Å²) in [7, 11) is 4.48. The summed E-state index contributed by atoms with van der Waals surface area (Å²) < 4.78 is 21.4. The van der Waals surface area contributed by atoms with Crippen molar-refractivity contribution in [1.82, 2.24) is 24.3 Å². The number of hydrogen-bond donors (Lipinski definition) is 2. The zero-order valence-corrected chi connectivity index (χ0v) is 45.1. The maximum atomic E-state index is 15.2. The maximum absolute atomic E-state index is 15.2. The lowest BCUT2D eigenvalue weighted by Crippen LogP contribution is -2.51. The van der Waals surface area contributed by atoms with E-state index in [1.54, 1.807) is 13.2 Å². The molecule has 2 heterocycles. The molecule has 398 valence electrons. The summed E-state index contributed by atoms with van der Waals surface area (Å²) >= 11 is 0.